The van der Waals surface area contributed by atoms with E-state index >= 15 is 0 Å². The van der Waals surface area contributed by atoms with Crippen molar-refractivity contribution >= 4 is 16.9 Å². The summed E-state index contributed by atoms with van der Waals surface area (Å²) in [5.41, 5.74) is 5.12. The quantitative estimate of drug-likeness (QED) is 0.784. The van der Waals surface area contributed by atoms with E-state index in [1.54, 1.807) is 0 Å². The van der Waals surface area contributed by atoms with Gasteiger partial charge in [-0.1, -0.05) is 12.1 Å². The van der Waals surface area contributed by atoms with E-state index in [1.165, 1.54) is 5.69 Å². The number of benzene rings is 1. The molecule has 1 amide bonds. The molecule has 1 N–H and O–H groups in total. The maximum absolute atomic E-state index is 12.8. The smallest absolute Gasteiger partial charge is 0.287 e. The molecular weight excluding hydrogens is 302 g/mol. The highest BCUT2D eigenvalue weighted by Gasteiger charge is 2.27. The summed E-state index contributed by atoms with van der Waals surface area (Å²) in [5, 5.41) is 8.46. The summed E-state index contributed by atoms with van der Waals surface area (Å²) in [6.07, 6.45) is 4.87. The molecule has 0 saturated heterocycles. The fraction of sp³-hybridized carbons (Fsp3) is 0.368. The van der Waals surface area contributed by atoms with Gasteiger partial charge in [0.05, 0.1) is 12.2 Å². The van der Waals surface area contributed by atoms with Gasteiger partial charge < -0.3 is 9.73 Å². The molecule has 1 atom stereocenters. The number of fused-ring (bicyclic) bond motifs is 2. The zero-order valence-corrected chi connectivity index (χ0v) is 14.2. The van der Waals surface area contributed by atoms with Crippen LogP contribution >= 0.6 is 0 Å². The fourth-order valence-electron chi connectivity index (χ4n) is 3.63. The van der Waals surface area contributed by atoms with Crippen LogP contribution in [0.5, 0.6) is 0 Å². The number of aromatic nitrogens is 2. The molecule has 24 heavy (non-hydrogen) atoms. The number of hydrogen-bond donors (Lipinski definition) is 1. The minimum absolute atomic E-state index is 0.00398. The van der Waals surface area contributed by atoms with Gasteiger partial charge in [0.1, 0.15) is 5.58 Å². The number of aryl methyl sites for hydroxylation is 3. The van der Waals surface area contributed by atoms with Gasteiger partial charge in [-0.15, -0.1) is 0 Å². The van der Waals surface area contributed by atoms with E-state index in [0.29, 0.717) is 5.76 Å². The third-order valence-electron chi connectivity index (χ3n) is 4.98. The van der Waals surface area contributed by atoms with Gasteiger partial charge in [-0.3, -0.25) is 9.48 Å². The SMILES string of the molecule is Cc1ccc2c(C)c(C(=O)NC3CCCc4c3cnn4C)oc2c1. The van der Waals surface area contributed by atoms with Crippen molar-refractivity contribution in [1.82, 2.24) is 15.1 Å². The van der Waals surface area contributed by atoms with E-state index in [-0.39, 0.29) is 11.9 Å². The molecule has 1 unspecified atom stereocenters. The number of nitrogens with zero attached hydrogens (tertiary/aromatic N) is 2. The Morgan fingerprint density at radius 3 is 3.04 bits per heavy atom. The molecule has 124 valence electrons. The number of nitrogens with one attached hydrogen (secondary N) is 1. The molecule has 0 radical (unpaired) electrons. The highest BCUT2D eigenvalue weighted by molar-refractivity contribution is 5.99. The predicted octanol–water partition coefficient (Wildman–Crippen LogP) is 3.59. The molecule has 2 aromatic heterocycles. The Bertz CT molecular complexity index is 936. The standard InChI is InChI=1S/C19H21N3O2/c1-11-7-8-13-12(2)18(24-17(13)9-11)19(23)21-15-5-4-6-16-14(15)10-20-22(16)3/h7-10,15H,4-6H2,1-3H3,(H,21,23). The van der Waals surface area contributed by atoms with E-state index in [2.05, 4.69) is 10.4 Å². The van der Waals surface area contributed by atoms with E-state index in [1.807, 2.05) is 50.0 Å². The van der Waals surface area contributed by atoms with E-state index < -0.39 is 0 Å². The minimum atomic E-state index is -0.150. The van der Waals surface area contributed by atoms with E-state index in [0.717, 1.165) is 46.9 Å². The van der Waals surface area contributed by atoms with Crippen LogP contribution < -0.4 is 5.32 Å². The second-order valence-corrected chi connectivity index (χ2v) is 6.64. The lowest BCUT2D eigenvalue weighted by Gasteiger charge is -2.23. The van der Waals surface area contributed by atoms with Gasteiger partial charge >= 0.3 is 0 Å². The summed E-state index contributed by atoms with van der Waals surface area (Å²) in [6.45, 7) is 3.95. The van der Waals surface area contributed by atoms with Gasteiger partial charge in [0.2, 0.25) is 0 Å². The Morgan fingerprint density at radius 1 is 1.38 bits per heavy atom. The second kappa shape index (κ2) is 5.51. The molecule has 0 spiro atoms. The summed E-state index contributed by atoms with van der Waals surface area (Å²) >= 11 is 0. The number of hydrogen-bond acceptors (Lipinski definition) is 3. The lowest BCUT2D eigenvalue weighted by atomic mass is 9.93. The first-order valence-electron chi connectivity index (χ1n) is 8.36. The van der Waals surface area contributed by atoms with Crippen molar-refractivity contribution < 1.29 is 9.21 Å². The first-order chi connectivity index (χ1) is 11.5. The zero-order chi connectivity index (χ0) is 16.8. The Labute approximate surface area is 140 Å². The third kappa shape index (κ3) is 2.31. The molecule has 3 aromatic rings. The minimum Gasteiger partial charge on any atom is -0.451 e. The Hall–Kier alpha value is -2.56. The molecule has 1 aliphatic rings. The van der Waals surface area contributed by atoms with Crippen LogP contribution in [0.3, 0.4) is 0 Å². The van der Waals surface area contributed by atoms with Crippen molar-refractivity contribution in [3.63, 3.8) is 0 Å². The molecule has 1 aromatic carbocycles. The maximum atomic E-state index is 12.8. The van der Waals surface area contributed by atoms with Gasteiger partial charge in [-0.2, -0.15) is 5.10 Å². The highest BCUT2D eigenvalue weighted by Crippen LogP contribution is 2.31. The number of amides is 1. The largest absolute Gasteiger partial charge is 0.451 e. The lowest BCUT2D eigenvalue weighted by Crippen LogP contribution is -2.31. The van der Waals surface area contributed by atoms with Crippen molar-refractivity contribution in [3.05, 3.63) is 52.5 Å². The van der Waals surface area contributed by atoms with Crippen molar-refractivity contribution in [2.45, 2.75) is 39.2 Å². The van der Waals surface area contributed by atoms with Gasteiger partial charge in [0.25, 0.3) is 5.91 Å². The molecule has 0 fully saturated rings. The summed E-state index contributed by atoms with van der Waals surface area (Å²) in [5.74, 6) is 0.259. The summed E-state index contributed by atoms with van der Waals surface area (Å²) in [6, 6.07) is 6.03. The van der Waals surface area contributed by atoms with Gasteiger partial charge in [-0.05, 0) is 44.7 Å². The van der Waals surface area contributed by atoms with Crippen LogP contribution in [0.2, 0.25) is 0 Å². The average molecular weight is 323 g/mol. The van der Waals surface area contributed by atoms with Crippen LogP contribution in [0.1, 0.15) is 51.8 Å². The highest BCUT2D eigenvalue weighted by atomic mass is 16.3. The van der Waals surface area contributed by atoms with Crippen molar-refractivity contribution in [3.8, 4) is 0 Å². The third-order valence-corrected chi connectivity index (χ3v) is 4.98. The fourth-order valence-corrected chi connectivity index (χ4v) is 3.63. The molecular formula is C19H21N3O2. The molecule has 0 saturated carbocycles. The van der Waals surface area contributed by atoms with Crippen LogP contribution in [0.4, 0.5) is 0 Å². The molecule has 1 aliphatic carbocycles. The Balaban J connectivity index is 1.65. The monoisotopic (exact) mass is 323 g/mol. The van der Waals surface area contributed by atoms with Crippen molar-refractivity contribution in [2.24, 2.45) is 7.05 Å². The topological polar surface area (TPSA) is 60.1 Å². The van der Waals surface area contributed by atoms with Gasteiger partial charge in [0, 0.05) is 29.3 Å². The molecule has 4 rings (SSSR count). The molecule has 2 heterocycles. The zero-order valence-electron chi connectivity index (χ0n) is 14.2. The van der Waals surface area contributed by atoms with Crippen LogP contribution in [0.15, 0.2) is 28.8 Å². The molecule has 0 aliphatic heterocycles. The normalized spacial score (nSPS) is 17.0. The van der Waals surface area contributed by atoms with E-state index in [4.69, 9.17) is 4.42 Å². The predicted molar refractivity (Wildman–Crippen MR) is 92.0 cm³/mol. The first-order valence-corrected chi connectivity index (χ1v) is 8.36. The van der Waals surface area contributed by atoms with Crippen LogP contribution in [0.25, 0.3) is 11.0 Å². The van der Waals surface area contributed by atoms with Crippen LogP contribution in [-0.4, -0.2) is 15.7 Å². The number of furan rings is 1. The first kappa shape index (κ1) is 15.0. The average Bonchev–Trinajstić information content (AvgIpc) is 3.09. The van der Waals surface area contributed by atoms with Crippen LogP contribution in [-0.2, 0) is 13.5 Å². The molecule has 0 bridgehead atoms. The maximum Gasteiger partial charge on any atom is 0.287 e. The molecule has 5 nitrogen and oxygen atoms in total. The number of rotatable bonds is 2. The van der Waals surface area contributed by atoms with E-state index in [9.17, 15) is 4.79 Å². The van der Waals surface area contributed by atoms with Gasteiger partial charge in [0.15, 0.2) is 5.76 Å². The number of carbonyl (C=O) groups excluding carboxylic acids is 1. The van der Waals surface area contributed by atoms with Crippen molar-refractivity contribution in [1.29, 1.82) is 0 Å². The molecule has 5 heteroatoms. The number of carbonyl (C=O) groups is 1. The second-order valence-electron chi connectivity index (χ2n) is 6.64. The summed E-state index contributed by atoms with van der Waals surface area (Å²) < 4.78 is 7.75. The summed E-state index contributed by atoms with van der Waals surface area (Å²) in [4.78, 5) is 12.8. The van der Waals surface area contributed by atoms with Crippen molar-refractivity contribution in [2.75, 3.05) is 0 Å². The summed E-state index contributed by atoms with van der Waals surface area (Å²) in [7, 11) is 1.95. The lowest BCUT2D eigenvalue weighted by molar-refractivity contribution is 0.0906. The Morgan fingerprint density at radius 2 is 2.21 bits per heavy atom. The van der Waals surface area contributed by atoms with Gasteiger partial charge in [-0.25, -0.2) is 0 Å². The Kier molecular flexibility index (Phi) is 3.44. The van der Waals surface area contributed by atoms with Crippen LogP contribution in [0, 0.1) is 13.8 Å².